The van der Waals surface area contributed by atoms with E-state index in [1.54, 1.807) is 0 Å². The number of carbonyl (C=O) groups is 2. The molecule has 1 fully saturated rings. The molecule has 1 atom stereocenters. The van der Waals surface area contributed by atoms with Gasteiger partial charge in [0.2, 0.25) is 5.91 Å². The van der Waals surface area contributed by atoms with Gasteiger partial charge >= 0.3 is 0 Å². The van der Waals surface area contributed by atoms with Gasteiger partial charge in [-0.2, -0.15) is 0 Å². The molecule has 4 heteroatoms. The molecule has 2 amide bonds. The first-order chi connectivity index (χ1) is 12.0. The Balaban J connectivity index is 2.10. The third kappa shape index (κ3) is 5.87. The summed E-state index contributed by atoms with van der Waals surface area (Å²) in [5, 5.41) is 3.01. The zero-order valence-corrected chi connectivity index (χ0v) is 15.9. The van der Waals surface area contributed by atoms with Crippen molar-refractivity contribution in [1.29, 1.82) is 0 Å². The number of nitrogens with zero attached hydrogens (tertiary/aromatic N) is 1. The van der Waals surface area contributed by atoms with E-state index in [0.717, 1.165) is 31.5 Å². The van der Waals surface area contributed by atoms with Gasteiger partial charge in [-0.25, -0.2) is 0 Å². The van der Waals surface area contributed by atoms with Crippen LogP contribution in [0.4, 0.5) is 0 Å². The molecule has 1 heterocycles. The predicted octanol–water partition coefficient (Wildman–Crippen LogP) is 3.93. The van der Waals surface area contributed by atoms with Gasteiger partial charge in [-0.3, -0.25) is 9.59 Å². The highest BCUT2D eigenvalue weighted by Crippen LogP contribution is 2.15. The molecule has 0 aliphatic carbocycles. The molecule has 4 nitrogen and oxygen atoms in total. The molecule has 2 rings (SSSR count). The van der Waals surface area contributed by atoms with Gasteiger partial charge in [0.15, 0.2) is 0 Å². The normalized spacial score (nSPS) is 16.9. The standard InChI is InChI=1S/C21H32N2O2/c1-16(2)15-19(21(25)23-13-9-5-4-6-10-14-23)22-20(24)18-12-8-7-11-17(18)3/h7-8,11-12,16,19H,4-6,9-10,13-15H2,1-3H3,(H,22,24). The van der Waals surface area contributed by atoms with E-state index in [9.17, 15) is 9.59 Å². The number of hydrogen-bond donors (Lipinski definition) is 1. The second-order valence-corrected chi connectivity index (χ2v) is 7.56. The van der Waals surface area contributed by atoms with Crippen LogP contribution in [0.25, 0.3) is 0 Å². The zero-order valence-electron chi connectivity index (χ0n) is 15.9. The largest absolute Gasteiger partial charge is 0.341 e. The Morgan fingerprint density at radius 3 is 2.24 bits per heavy atom. The number of benzene rings is 1. The van der Waals surface area contributed by atoms with Gasteiger partial charge in [0.1, 0.15) is 6.04 Å². The quantitative estimate of drug-likeness (QED) is 0.880. The lowest BCUT2D eigenvalue weighted by Crippen LogP contribution is -2.50. The van der Waals surface area contributed by atoms with Gasteiger partial charge in [0.05, 0.1) is 0 Å². The maximum atomic E-state index is 13.1. The molecule has 1 aliphatic rings. The van der Waals surface area contributed by atoms with E-state index in [-0.39, 0.29) is 11.8 Å². The first-order valence-corrected chi connectivity index (χ1v) is 9.64. The minimum absolute atomic E-state index is 0.0811. The van der Waals surface area contributed by atoms with Crippen molar-refractivity contribution < 1.29 is 9.59 Å². The van der Waals surface area contributed by atoms with E-state index >= 15 is 0 Å². The second-order valence-electron chi connectivity index (χ2n) is 7.56. The molecule has 1 N–H and O–H groups in total. The van der Waals surface area contributed by atoms with Crippen LogP contribution in [0.5, 0.6) is 0 Å². The Morgan fingerprint density at radius 2 is 1.64 bits per heavy atom. The first kappa shape index (κ1) is 19.5. The summed E-state index contributed by atoms with van der Waals surface area (Å²) in [5.74, 6) is 0.280. The molecule has 0 saturated carbocycles. The fourth-order valence-electron chi connectivity index (χ4n) is 3.44. The summed E-state index contributed by atoms with van der Waals surface area (Å²) >= 11 is 0. The van der Waals surface area contributed by atoms with Crippen molar-refractivity contribution in [3.8, 4) is 0 Å². The Hall–Kier alpha value is -1.84. The topological polar surface area (TPSA) is 49.4 Å². The van der Waals surface area contributed by atoms with Crippen LogP contribution >= 0.6 is 0 Å². The maximum absolute atomic E-state index is 13.1. The van der Waals surface area contributed by atoms with Gasteiger partial charge in [-0.05, 0) is 43.7 Å². The molecule has 0 aromatic heterocycles. The summed E-state index contributed by atoms with van der Waals surface area (Å²) < 4.78 is 0. The average molecular weight is 344 g/mol. The lowest BCUT2D eigenvalue weighted by Gasteiger charge is -2.30. The van der Waals surface area contributed by atoms with Gasteiger partial charge in [-0.15, -0.1) is 0 Å². The molecule has 1 unspecified atom stereocenters. The molecule has 0 bridgehead atoms. The maximum Gasteiger partial charge on any atom is 0.252 e. The highest BCUT2D eigenvalue weighted by Gasteiger charge is 2.27. The van der Waals surface area contributed by atoms with Crippen molar-refractivity contribution in [2.45, 2.75) is 65.3 Å². The third-order valence-corrected chi connectivity index (χ3v) is 4.87. The van der Waals surface area contributed by atoms with Gasteiger partial charge in [-0.1, -0.05) is 51.3 Å². The van der Waals surface area contributed by atoms with Gasteiger partial charge in [0.25, 0.3) is 5.91 Å². The Kier molecular flexibility index (Phi) is 7.48. The molecular formula is C21H32N2O2. The molecule has 0 radical (unpaired) electrons. The lowest BCUT2D eigenvalue weighted by molar-refractivity contribution is -0.134. The first-order valence-electron chi connectivity index (χ1n) is 9.64. The monoisotopic (exact) mass is 344 g/mol. The van der Waals surface area contributed by atoms with Gasteiger partial charge in [0, 0.05) is 18.7 Å². The van der Waals surface area contributed by atoms with E-state index < -0.39 is 6.04 Å². The number of amides is 2. The van der Waals surface area contributed by atoms with Crippen LogP contribution in [-0.4, -0.2) is 35.8 Å². The average Bonchev–Trinajstić information content (AvgIpc) is 2.53. The van der Waals surface area contributed by atoms with Gasteiger partial charge < -0.3 is 10.2 Å². The second kappa shape index (κ2) is 9.59. The van der Waals surface area contributed by atoms with E-state index in [4.69, 9.17) is 0 Å². The van der Waals surface area contributed by atoms with Crippen LogP contribution in [-0.2, 0) is 4.79 Å². The summed E-state index contributed by atoms with van der Waals surface area (Å²) in [4.78, 5) is 27.7. The molecule has 0 spiro atoms. The highest BCUT2D eigenvalue weighted by atomic mass is 16.2. The number of nitrogens with one attached hydrogen (secondary N) is 1. The van der Waals surface area contributed by atoms with Crippen molar-refractivity contribution in [2.75, 3.05) is 13.1 Å². The van der Waals surface area contributed by atoms with Crippen LogP contribution in [0, 0.1) is 12.8 Å². The molecule has 1 saturated heterocycles. The predicted molar refractivity (Wildman–Crippen MR) is 102 cm³/mol. The highest BCUT2D eigenvalue weighted by molar-refractivity contribution is 5.98. The summed E-state index contributed by atoms with van der Waals surface area (Å²) in [6.45, 7) is 7.73. The van der Waals surface area contributed by atoms with E-state index in [0.29, 0.717) is 17.9 Å². The summed E-state index contributed by atoms with van der Waals surface area (Å²) in [7, 11) is 0. The molecule has 1 aromatic carbocycles. The summed E-state index contributed by atoms with van der Waals surface area (Å²) in [5.41, 5.74) is 1.58. The fraction of sp³-hybridized carbons (Fsp3) is 0.619. The molecule has 1 aromatic rings. The number of carbonyl (C=O) groups excluding carboxylic acids is 2. The minimum atomic E-state index is -0.438. The molecule has 25 heavy (non-hydrogen) atoms. The van der Waals surface area contributed by atoms with Crippen LogP contribution in [0.2, 0.25) is 0 Å². The Morgan fingerprint density at radius 1 is 1.04 bits per heavy atom. The van der Waals surface area contributed by atoms with Crippen molar-refractivity contribution in [3.63, 3.8) is 0 Å². The number of rotatable bonds is 5. The Bertz CT molecular complexity index is 575. The van der Waals surface area contributed by atoms with Crippen molar-refractivity contribution in [1.82, 2.24) is 10.2 Å². The van der Waals surface area contributed by atoms with Crippen molar-refractivity contribution in [3.05, 3.63) is 35.4 Å². The van der Waals surface area contributed by atoms with Crippen LogP contribution < -0.4 is 5.32 Å². The fourth-order valence-corrected chi connectivity index (χ4v) is 3.44. The summed E-state index contributed by atoms with van der Waals surface area (Å²) in [6, 6.07) is 7.08. The van der Waals surface area contributed by atoms with E-state index in [1.165, 1.54) is 19.3 Å². The van der Waals surface area contributed by atoms with Crippen LogP contribution in [0.1, 0.15) is 68.3 Å². The third-order valence-electron chi connectivity index (χ3n) is 4.87. The lowest BCUT2D eigenvalue weighted by atomic mass is 10.00. The Labute approximate surface area is 152 Å². The van der Waals surface area contributed by atoms with E-state index in [2.05, 4.69) is 19.2 Å². The van der Waals surface area contributed by atoms with Crippen LogP contribution in [0.15, 0.2) is 24.3 Å². The summed E-state index contributed by atoms with van der Waals surface area (Å²) in [6.07, 6.45) is 6.44. The zero-order chi connectivity index (χ0) is 18.2. The number of aryl methyl sites for hydroxylation is 1. The van der Waals surface area contributed by atoms with Crippen molar-refractivity contribution >= 4 is 11.8 Å². The number of likely N-dealkylation sites (tertiary alicyclic amines) is 1. The van der Waals surface area contributed by atoms with Crippen molar-refractivity contribution in [2.24, 2.45) is 5.92 Å². The molecular weight excluding hydrogens is 312 g/mol. The van der Waals surface area contributed by atoms with Crippen LogP contribution in [0.3, 0.4) is 0 Å². The molecule has 1 aliphatic heterocycles. The smallest absolute Gasteiger partial charge is 0.252 e. The van der Waals surface area contributed by atoms with E-state index in [1.807, 2.05) is 36.1 Å². The number of hydrogen-bond acceptors (Lipinski definition) is 2. The minimum Gasteiger partial charge on any atom is -0.341 e. The SMILES string of the molecule is Cc1ccccc1C(=O)NC(CC(C)C)C(=O)N1CCCCCCC1. The molecule has 138 valence electrons.